The largest absolute Gasteiger partial charge is 0.484 e. The van der Waals surface area contributed by atoms with Crippen LogP contribution in [0.15, 0.2) is 18.2 Å². The summed E-state index contributed by atoms with van der Waals surface area (Å²) in [7, 11) is 1.75. The van der Waals surface area contributed by atoms with Crippen molar-refractivity contribution in [3.05, 3.63) is 34.7 Å². The van der Waals surface area contributed by atoms with Crippen molar-refractivity contribution in [1.29, 1.82) is 0 Å². The number of pyridine rings is 1. The number of para-hydroxylation sites is 1. The highest BCUT2D eigenvalue weighted by molar-refractivity contribution is 6.33. The number of carbonyl (C=O) groups excluding carboxylic acids is 1. The molecule has 3 aromatic rings. The lowest BCUT2D eigenvalue weighted by molar-refractivity contribution is 0.0893. The maximum atomic E-state index is 14.3. The molecule has 0 saturated heterocycles. The second-order valence-electron chi connectivity index (χ2n) is 9.62. The number of aryl methyl sites for hydroxylation is 1. The summed E-state index contributed by atoms with van der Waals surface area (Å²) in [6, 6.07) is 4.51. The third kappa shape index (κ3) is 4.13. The molecule has 2 N–H and O–H groups in total. The van der Waals surface area contributed by atoms with Crippen molar-refractivity contribution in [3.8, 4) is 11.5 Å². The van der Waals surface area contributed by atoms with Crippen LogP contribution in [-0.4, -0.2) is 39.7 Å². The Morgan fingerprint density at radius 2 is 1.88 bits per heavy atom. The summed E-state index contributed by atoms with van der Waals surface area (Å²) in [5.41, 5.74) is 1.37. The lowest BCUT2D eigenvalue weighted by atomic mass is 9.75. The number of anilines is 2. The van der Waals surface area contributed by atoms with Gasteiger partial charge in [0.05, 0.1) is 10.7 Å². The Balaban J connectivity index is 1.51. The van der Waals surface area contributed by atoms with Crippen LogP contribution in [0.3, 0.4) is 0 Å². The molecule has 1 saturated carbocycles. The first kappa shape index (κ1) is 22.7. The van der Waals surface area contributed by atoms with Gasteiger partial charge < -0.3 is 24.7 Å². The number of hydrogen-bond donors (Lipinski definition) is 2. The van der Waals surface area contributed by atoms with E-state index in [0.717, 1.165) is 25.7 Å². The number of carbonyl (C=O) groups is 1. The topological polar surface area (TPSA) is 90.3 Å². The number of aromatic nitrogens is 3. The van der Waals surface area contributed by atoms with E-state index in [1.165, 1.54) is 12.1 Å². The number of imidazole rings is 1. The number of rotatable bonds is 4. The van der Waals surface area contributed by atoms with Crippen LogP contribution in [0, 0.1) is 11.2 Å². The van der Waals surface area contributed by atoms with E-state index >= 15 is 0 Å². The Labute approximate surface area is 201 Å². The van der Waals surface area contributed by atoms with Gasteiger partial charge >= 0.3 is 0 Å². The van der Waals surface area contributed by atoms with Crippen molar-refractivity contribution >= 4 is 40.3 Å². The maximum absolute atomic E-state index is 14.3. The molecule has 34 heavy (non-hydrogen) atoms. The Morgan fingerprint density at radius 1 is 1.18 bits per heavy atom. The van der Waals surface area contributed by atoms with E-state index in [2.05, 4.69) is 34.4 Å². The average Bonchev–Trinajstić information content (AvgIpc) is 3.12. The third-order valence-corrected chi connectivity index (χ3v) is 6.91. The molecule has 0 bridgehead atoms. The lowest BCUT2D eigenvalue weighted by Crippen LogP contribution is -2.40. The van der Waals surface area contributed by atoms with Crippen LogP contribution >= 0.6 is 11.6 Å². The van der Waals surface area contributed by atoms with E-state index in [1.807, 2.05) is 0 Å². The second-order valence-corrected chi connectivity index (χ2v) is 10.0. The van der Waals surface area contributed by atoms with Crippen molar-refractivity contribution in [1.82, 2.24) is 19.9 Å². The summed E-state index contributed by atoms with van der Waals surface area (Å²) in [5.74, 6) is 0.174. The Hall–Kier alpha value is -3.07. The Kier molecular flexibility index (Phi) is 5.75. The van der Waals surface area contributed by atoms with Gasteiger partial charge in [-0.1, -0.05) is 31.5 Å². The standard InChI is InChI=1S/C24H27ClFN5O3/c1-24(2)9-7-13(8-10-24)27-22(32)17-19-20(34-12-11-33-19)18-21(28-17)30-23(31(18)3)29-16-14(25)5-4-6-15(16)26/h4-6,13H,7-12H2,1-3H3,(H,27,32)(H,28,29,30). The highest BCUT2D eigenvalue weighted by Gasteiger charge is 2.32. The highest BCUT2D eigenvalue weighted by atomic mass is 35.5. The number of ether oxygens (including phenoxy) is 2. The van der Waals surface area contributed by atoms with Crippen LogP contribution in [0.25, 0.3) is 11.2 Å². The summed E-state index contributed by atoms with van der Waals surface area (Å²) >= 11 is 6.17. The van der Waals surface area contributed by atoms with E-state index in [9.17, 15) is 9.18 Å². The van der Waals surface area contributed by atoms with Crippen LogP contribution in [0.2, 0.25) is 5.02 Å². The first-order valence-electron chi connectivity index (χ1n) is 11.4. The number of amides is 1. The number of nitrogens with zero attached hydrogens (tertiary/aromatic N) is 3. The fourth-order valence-electron chi connectivity index (χ4n) is 4.54. The predicted molar refractivity (Wildman–Crippen MR) is 128 cm³/mol. The summed E-state index contributed by atoms with van der Waals surface area (Å²) in [6.07, 6.45) is 3.94. The zero-order chi connectivity index (χ0) is 24.0. The maximum Gasteiger partial charge on any atom is 0.274 e. The molecule has 0 unspecified atom stereocenters. The van der Waals surface area contributed by atoms with E-state index in [0.29, 0.717) is 41.6 Å². The van der Waals surface area contributed by atoms with Crippen LogP contribution in [-0.2, 0) is 7.05 Å². The molecule has 1 amide bonds. The minimum absolute atomic E-state index is 0.0855. The van der Waals surface area contributed by atoms with Crippen molar-refractivity contribution in [2.24, 2.45) is 12.5 Å². The van der Waals surface area contributed by atoms with Gasteiger partial charge in [0.2, 0.25) is 5.95 Å². The summed E-state index contributed by atoms with van der Waals surface area (Å²) in [5, 5.41) is 6.26. The Morgan fingerprint density at radius 3 is 2.59 bits per heavy atom. The van der Waals surface area contributed by atoms with E-state index < -0.39 is 5.82 Å². The highest BCUT2D eigenvalue weighted by Crippen LogP contribution is 2.41. The van der Waals surface area contributed by atoms with Gasteiger partial charge in [0.25, 0.3) is 5.91 Å². The number of benzene rings is 1. The molecule has 1 aliphatic carbocycles. The monoisotopic (exact) mass is 487 g/mol. The molecule has 1 aliphatic heterocycles. The molecule has 180 valence electrons. The minimum Gasteiger partial charge on any atom is -0.484 e. The van der Waals surface area contributed by atoms with Crippen molar-refractivity contribution < 1.29 is 18.7 Å². The van der Waals surface area contributed by atoms with Gasteiger partial charge in [0, 0.05) is 13.1 Å². The first-order chi connectivity index (χ1) is 16.2. The summed E-state index contributed by atoms with van der Waals surface area (Å²) in [6.45, 7) is 5.15. The molecule has 0 atom stereocenters. The van der Waals surface area contributed by atoms with Gasteiger partial charge in [0.1, 0.15) is 24.5 Å². The number of nitrogens with one attached hydrogen (secondary N) is 2. The number of halogens is 2. The summed E-state index contributed by atoms with van der Waals surface area (Å²) < 4.78 is 27.8. The molecule has 2 aliphatic rings. The van der Waals surface area contributed by atoms with Crippen LogP contribution in [0.1, 0.15) is 50.0 Å². The van der Waals surface area contributed by atoms with Gasteiger partial charge in [-0.15, -0.1) is 0 Å². The molecule has 2 aromatic heterocycles. The smallest absolute Gasteiger partial charge is 0.274 e. The van der Waals surface area contributed by atoms with Gasteiger partial charge in [-0.25, -0.2) is 9.37 Å². The van der Waals surface area contributed by atoms with Gasteiger partial charge in [0.15, 0.2) is 22.8 Å². The number of hydrogen-bond acceptors (Lipinski definition) is 6. The van der Waals surface area contributed by atoms with Crippen LogP contribution in [0.4, 0.5) is 16.0 Å². The zero-order valence-electron chi connectivity index (χ0n) is 19.4. The molecule has 8 nitrogen and oxygen atoms in total. The molecular formula is C24H27ClFN5O3. The average molecular weight is 488 g/mol. The van der Waals surface area contributed by atoms with Gasteiger partial charge in [-0.3, -0.25) is 4.79 Å². The number of fused-ring (bicyclic) bond motifs is 3. The zero-order valence-corrected chi connectivity index (χ0v) is 20.1. The predicted octanol–water partition coefficient (Wildman–Crippen LogP) is 4.97. The molecule has 0 radical (unpaired) electrons. The molecule has 3 heterocycles. The molecule has 0 spiro atoms. The first-order valence-corrected chi connectivity index (χ1v) is 11.8. The fourth-order valence-corrected chi connectivity index (χ4v) is 4.75. The van der Waals surface area contributed by atoms with Crippen molar-refractivity contribution in [3.63, 3.8) is 0 Å². The molecule has 5 rings (SSSR count). The molecule has 10 heteroatoms. The quantitative estimate of drug-likeness (QED) is 0.539. The van der Waals surface area contributed by atoms with Crippen molar-refractivity contribution in [2.75, 3.05) is 18.5 Å². The van der Waals surface area contributed by atoms with Gasteiger partial charge in [-0.2, -0.15) is 4.98 Å². The lowest BCUT2D eigenvalue weighted by Gasteiger charge is -2.34. The summed E-state index contributed by atoms with van der Waals surface area (Å²) in [4.78, 5) is 22.3. The second kappa shape index (κ2) is 8.61. The molecule has 1 fully saturated rings. The third-order valence-electron chi connectivity index (χ3n) is 6.60. The Bertz CT molecular complexity index is 1250. The van der Waals surface area contributed by atoms with E-state index in [4.69, 9.17) is 21.1 Å². The van der Waals surface area contributed by atoms with E-state index in [1.54, 1.807) is 17.7 Å². The van der Waals surface area contributed by atoms with Crippen molar-refractivity contribution in [2.45, 2.75) is 45.6 Å². The fraction of sp³-hybridized carbons (Fsp3) is 0.458. The van der Waals surface area contributed by atoms with Crippen LogP contribution < -0.4 is 20.1 Å². The molecule has 1 aromatic carbocycles. The normalized spacial score (nSPS) is 17.6. The van der Waals surface area contributed by atoms with Crippen LogP contribution in [0.5, 0.6) is 11.5 Å². The van der Waals surface area contributed by atoms with Gasteiger partial charge in [-0.05, 0) is 43.2 Å². The van der Waals surface area contributed by atoms with E-state index in [-0.39, 0.29) is 34.0 Å². The molecular weight excluding hydrogens is 461 g/mol. The minimum atomic E-state index is -0.509. The SMILES string of the molecule is Cn1c(Nc2c(F)cccc2Cl)nc2nc(C(=O)NC3CCC(C)(C)CC3)c3c(c21)OCCO3.